The summed E-state index contributed by atoms with van der Waals surface area (Å²) < 4.78 is 7.52. The average Bonchev–Trinajstić information content (AvgIpc) is 2.79. The van der Waals surface area contributed by atoms with Crippen LogP contribution in [-0.4, -0.2) is 15.8 Å². The van der Waals surface area contributed by atoms with Crippen molar-refractivity contribution < 1.29 is 4.74 Å². The largest absolute Gasteiger partial charge is 0.452 e. The van der Waals surface area contributed by atoms with Gasteiger partial charge in [0.05, 0.1) is 17.4 Å². The Balaban J connectivity index is 2.27. The third-order valence-corrected chi connectivity index (χ3v) is 3.25. The van der Waals surface area contributed by atoms with Gasteiger partial charge in [-0.05, 0) is 24.5 Å². The fraction of sp³-hybridized carbons (Fsp3) is 0.357. The summed E-state index contributed by atoms with van der Waals surface area (Å²) >= 11 is 6.22. The number of nitrogens with two attached hydrogens (primary N) is 1. The predicted molar refractivity (Wildman–Crippen MR) is 76.7 cm³/mol. The Labute approximate surface area is 118 Å². The maximum atomic E-state index is 6.22. The van der Waals surface area contributed by atoms with Gasteiger partial charge in [0.15, 0.2) is 5.75 Å². The zero-order valence-electron chi connectivity index (χ0n) is 11.1. The molecule has 0 aliphatic carbocycles. The smallest absolute Gasteiger partial charge is 0.165 e. The summed E-state index contributed by atoms with van der Waals surface area (Å²) in [6.45, 7) is 2.07. The fourth-order valence-corrected chi connectivity index (χ4v) is 2.06. The molecule has 0 radical (unpaired) electrons. The molecular weight excluding hydrogens is 262 g/mol. The van der Waals surface area contributed by atoms with Crippen LogP contribution in [0.3, 0.4) is 0 Å². The van der Waals surface area contributed by atoms with Crippen LogP contribution >= 0.6 is 11.6 Å². The molecule has 5 heteroatoms. The van der Waals surface area contributed by atoms with E-state index in [9.17, 15) is 0 Å². The third-order valence-electron chi connectivity index (χ3n) is 2.96. The average molecular weight is 280 g/mol. The van der Waals surface area contributed by atoms with Crippen molar-refractivity contribution >= 4 is 11.6 Å². The van der Waals surface area contributed by atoms with E-state index in [0.717, 1.165) is 18.4 Å². The summed E-state index contributed by atoms with van der Waals surface area (Å²) in [6.07, 6.45) is 5.12. The van der Waals surface area contributed by atoms with E-state index in [1.165, 1.54) is 0 Å². The van der Waals surface area contributed by atoms with Gasteiger partial charge < -0.3 is 10.5 Å². The van der Waals surface area contributed by atoms with Gasteiger partial charge in [-0.3, -0.25) is 4.68 Å². The first kappa shape index (κ1) is 13.9. The predicted octanol–water partition coefficient (Wildman–Crippen LogP) is 3.15. The van der Waals surface area contributed by atoms with Gasteiger partial charge in [0.2, 0.25) is 0 Å². The normalized spacial score (nSPS) is 12.4. The van der Waals surface area contributed by atoms with Crippen LogP contribution in [0, 0.1) is 0 Å². The lowest BCUT2D eigenvalue weighted by molar-refractivity contribution is 0.471. The van der Waals surface area contributed by atoms with Gasteiger partial charge in [-0.2, -0.15) is 5.10 Å². The lowest BCUT2D eigenvalue weighted by Crippen LogP contribution is -2.21. The molecule has 102 valence electrons. The Hall–Kier alpha value is -1.52. The molecule has 0 aliphatic rings. The summed E-state index contributed by atoms with van der Waals surface area (Å²) in [6, 6.07) is 5.83. The molecule has 0 fully saturated rings. The minimum atomic E-state index is 0.106. The molecule has 1 heterocycles. The number of rotatable bonds is 5. The van der Waals surface area contributed by atoms with Crippen molar-refractivity contribution in [2.45, 2.75) is 25.8 Å². The monoisotopic (exact) mass is 279 g/mol. The van der Waals surface area contributed by atoms with E-state index >= 15 is 0 Å². The summed E-state index contributed by atoms with van der Waals surface area (Å²) in [5.41, 5.74) is 7.03. The van der Waals surface area contributed by atoms with Crippen LogP contribution in [0.1, 0.15) is 18.9 Å². The lowest BCUT2D eigenvalue weighted by atomic mass is 10.0. The molecule has 2 rings (SSSR count). The number of para-hydroxylation sites is 1. The summed E-state index contributed by atoms with van der Waals surface area (Å²) in [4.78, 5) is 0. The molecule has 4 nitrogen and oxygen atoms in total. The van der Waals surface area contributed by atoms with E-state index in [1.807, 2.05) is 25.2 Å². The molecule has 0 spiro atoms. The SMILES string of the molecule is CCC(N)Cc1cccc(Cl)c1Oc1cnn(C)c1. The molecule has 1 unspecified atom stereocenters. The molecule has 1 aromatic carbocycles. The number of hydrogen-bond donors (Lipinski definition) is 1. The van der Waals surface area contributed by atoms with Gasteiger partial charge in [-0.25, -0.2) is 0 Å². The maximum absolute atomic E-state index is 6.22. The molecular formula is C14H18ClN3O. The van der Waals surface area contributed by atoms with Gasteiger partial charge in [-0.15, -0.1) is 0 Å². The Morgan fingerprint density at radius 3 is 2.89 bits per heavy atom. The van der Waals surface area contributed by atoms with Crippen LogP contribution in [0.5, 0.6) is 11.5 Å². The topological polar surface area (TPSA) is 53.1 Å². The second-order valence-electron chi connectivity index (χ2n) is 4.55. The van der Waals surface area contributed by atoms with E-state index < -0.39 is 0 Å². The number of benzene rings is 1. The number of nitrogens with zero attached hydrogens (tertiary/aromatic N) is 2. The molecule has 0 aliphatic heterocycles. The minimum Gasteiger partial charge on any atom is -0.452 e. The number of aromatic nitrogens is 2. The van der Waals surface area contributed by atoms with E-state index in [4.69, 9.17) is 22.1 Å². The van der Waals surface area contributed by atoms with E-state index in [-0.39, 0.29) is 6.04 Å². The molecule has 1 atom stereocenters. The van der Waals surface area contributed by atoms with Crippen molar-refractivity contribution in [2.75, 3.05) is 0 Å². The van der Waals surface area contributed by atoms with E-state index in [2.05, 4.69) is 12.0 Å². The van der Waals surface area contributed by atoms with Crippen molar-refractivity contribution in [1.82, 2.24) is 9.78 Å². The zero-order chi connectivity index (χ0) is 13.8. The van der Waals surface area contributed by atoms with Crippen molar-refractivity contribution in [3.8, 4) is 11.5 Å². The Morgan fingerprint density at radius 2 is 2.26 bits per heavy atom. The Morgan fingerprint density at radius 1 is 1.47 bits per heavy atom. The second-order valence-corrected chi connectivity index (χ2v) is 4.96. The van der Waals surface area contributed by atoms with Crippen LogP contribution < -0.4 is 10.5 Å². The molecule has 19 heavy (non-hydrogen) atoms. The number of aryl methyl sites for hydroxylation is 1. The van der Waals surface area contributed by atoms with Crippen LogP contribution in [0.25, 0.3) is 0 Å². The van der Waals surface area contributed by atoms with Crippen molar-refractivity contribution in [3.05, 3.63) is 41.2 Å². The Kier molecular flexibility index (Phi) is 4.45. The summed E-state index contributed by atoms with van der Waals surface area (Å²) in [5.74, 6) is 1.34. The third kappa shape index (κ3) is 3.49. The van der Waals surface area contributed by atoms with Gasteiger partial charge in [0.25, 0.3) is 0 Å². The number of ether oxygens (including phenoxy) is 1. The quantitative estimate of drug-likeness (QED) is 0.915. The summed E-state index contributed by atoms with van der Waals surface area (Å²) in [5, 5.41) is 4.66. The zero-order valence-corrected chi connectivity index (χ0v) is 11.9. The molecule has 0 saturated carbocycles. The van der Waals surface area contributed by atoms with Crippen LogP contribution in [-0.2, 0) is 13.5 Å². The highest BCUT2D eigenvalue weighted by Crippen LogP contribution is 2.33. The van der Waals surface area contributed by atoms with E-state index in [1.54, 1.807) is 17.1 Å². The van der Waals surface area contributed by atoms with Crippen LogP contribution in [0.4, 0.5) is 0 Å². The van der Waals surface area contributed by atoms with Crippen LogP contribution in [0.2, 0.25) is 5.02 Å². The lowest BCUT2D eigenvalue weighted by Gasteiger charge is -2.14. The highest BCUT2D eigenvalue weighted by molar-refractivity contribution is 6.32. The van der Waals surface area contributed by atoms with Gasteiger partial charge in [0, 0.05) is 13.1 Å². The molecule has 1 aromatic heterocycles. The number of halogens is 1. The summed E-state index contributed by atoms with van der Waals surface area (Å²) in [7, 11) is 1.84. The molecule has 0 bridgehead atoms. The highest BCUT2D eigenvalue weighted by Gasteiger charge is 2.13. The first-order valence-corrected chi connectivity index (χ1v) is 6.67. The number of hydrogen-bond acceptors (Lipinski definition) is 3. The second kappa shape index (κ2) is 6.08. The minimum absolute atomic E-state index is 0.106. The van der Waals surface area contributed by atoms with Crippen molar-refractivity contribution in [1.29, 1.82) is 0 Å². The van der Waals surface area contributed by atoms with Gasteiger partial charge >= 0.3 is 0 Å². The molecule has 2 aromatic rings. The van der Waals surface area contributed by atoms with Crippen LogP contribution in [0.15, 0.2) is 30.6 Å². The van der Waals surface area contributed by atoms with Gasteiger partial charge in [0.1, 0.15) is 5.75 Å². The molecule has 0 amide bonds. The standard InChI is InChI=1S/C14H18ClN3O/c1-3-11(16)7-10-5-4-6-13(15)14(10)19-12-8-17-18(2)9-12/h4-6,8-9,11H,3,7,16H2,1-2H3. The van der Waals surface area contributed by atoms with Crippen molar-refractivity contribution in [2.24, 2.45) is 12.8 Å². The van der Waals surface area contributed by atoms with E-state index in [0.29, 0.717) is 16.5 Å². The molecule has 0 saturated heterocycles. The van der Waals surface area contributed by atoms with Crippen molar-refractivity contribution in [3.63, 3.8) is 0 Å². The maximum Gasteiger partial charge on any atom is 0.165 e. The Bertz CT molecular complexity index is 553. The first-order valence-electron chi connectivity index (χ1n) is 6.29. The fourth-order valence-electron chi connectivity index (χ4n) is 1.82. The first-order chi connectivity index (χ1) is 9.10. The molecule has 2 N–H and O–H groups in total. The van der Waals surface area contributed by atoms with Gasteiger partial charge in [-0.1, -0.05) is 30.7 Å². The highest BCUT2D eigenvalue weighted by atomic mass is 35.5.